The van der Waals surface area contributed by atoms with Crippen LogP contribution in [0, 0.1) is 5.41 Å². The summed E-state index contributed by atoms with van der Waals surface area (Å²) in [5.74, 6) is 0.813. The largest absolute Gasteiger partial charge is 0.385 e. The van der Waals surface area contributed by atoms with E-state index in [4.69, 9.17) is 16.3 Å². The van der Waals surface area contributed by atoms with Crippen LogP contribution in [0.5, 0.6) is 0 Å². The zero-order chi connectivity index (χ0) is 16.7. The van der Waals surface area contributed by atoms with Crippen molar-refractivity contribution in [2.75, 3.05) is 27.3 Å². The first-order valence-corrected chi connectivity index (χ1v) is 9.13. The van der Waals surface area contributed by atoms with Gasteiger partial charge in [0, 0.05) is 43.3 Å². The number of nitrogens with one attached hydrogen (secondary N) is 2. The third-order valence-corrected chi connectivity index (χ3v) is 5.41. The fraction of sp³-hybridized carbons (Fsp3) is 0.588. The van der Waals surface area contributed by atoms with Gasteiger partial charge in [0.1, 0.15) is 0 Å². The first-order chi connectivity index (χ1) is 11.1. The normalized spacial score (nSPS) is 16.1. The van der Waals surface area contributed by atoms with Crippen LogP contribution in [-0.2, 0) is 11.3 Å². The molecular weight excluding hydrogens is 504 g/mol. The van der Waals surface area contributed by atoms with Gasteiger partial charge in [0.2, 0.25) is 0 Å². The predicted molar refractivity (Wildman–Crippen MR) is 116 cm³/mol. The van der Waals surface area contributed by atoms with Gasteiger partial charge in [0.25, 0.3) is 0 Å². The molecule has 0 spiro atoms. The minimum atomic E-state index is 0. The summed E-state index contributed by atoms with van der Waals surface area (Å²) in [7, 11) is 3.56. The summed E-state index contributed by atoms with van der Waals surface area (Å²) in [5.41, 5.74) is 1.42. The quantitative estimate of drug-likeness (QED) is 0.308. The van der Waals surface area contributed by atoms with Crippen LogP contribution < -0.4 is 10.6 Å². The number of methoxy groups -OCH3 is 1. The number of aliphatic imine (C=N–C) groups is 1. The molecule has 1 aromatic rings. The Morgan fingerprint density at radius 3 is 2.67 bits per heavy atom. The Bertz CT molecular complexity index is 553. The number of rotatable bonds is 7. The highest BCUT2D eigenvalue weighted by Gasteiger charge is 2.36. The van der Waals surface area contributed by atoms with Crippen LogP contribution in [-0.4, -0.2) is 33.3 Å². The SMILES string of the molecule is CN=C(NCc1ccc(Br)cc1Cl)NCC1(CCOC)CCC1.I. The standard InChI is InChI=1S/C17H25BrClN3O.HI/c1-20-16(21-11-13-4-5-14(18)10-15(13)19)22-12-17(6-3-7-17)8-9-23-2;/h4-5,10H,3,6-9,11-12H2,1-2H3,(H2,20,21,22);1H. The van der Waals surface area contributed by atoms with Crippen LogP contribution in [0.15, 0.2) is 27.7 Å². The average molecular weight is 531 g/mol. The molecule has 0 bridgehead atoms. The van der Waals surface area contributed by atoms with Gasteiger partial charge in [0.05, 0.1) is 0 Å². The Morgan fingerprint density at radius 1 is 1.38 bits per heavy atom. The molecule has 0 amide bonds. The van der Waals surface area contributed by atoms with Gasteiger partial charge in [-0.15, -0.1) is 24.0 Å². The molecule has 0 saturated heterocycles. The van der Waals surface area contributed by atoms with Crippen LogP contribution in [0.3, 0.4) is 0 Å². The van der Waals surface area contributed by atoms with E-state index in [1.807, 2.05) is 18.2 Å². The second kappa shape index (κ2) is 10.8. The summed E-state index contributed by atoms with van der Waals surface area (Å²) in [6, 6.07) is 5.91. The summed E-state index contributed by atoms with van der Waals surface area (Å²) in [6.07, 6.45) is 4.94. The van der Waals surface area contributed by atoms with Crippen molar-refractivity contribution in [1.82, 2.24) is 10.6 Å². The summed E-state index contributed by atoms with van der Waals surface area (Å²) >= 11 is 9.67. The van der Waals surface area contributed by atoms with E-state index in [1.165, 1.54) is 19.3 Å². The van der Waals surface area contributed by atoms with Crippen molar-refractivity contribution < 1.29 is 4.74 Å². The monoisotopic (exact) mass is 529 g/mol. The summed E-state index contributed by atoms with van der Waals surface area (Å²) in [5, 5.41) is 7.53. The lowest BCUT2D eigenvalue weighted by Crippen LogP contribution is -2.46. The van der Waals surface area contributed by atoms with Gasteiger partial charge < -0.3 is 15.4 Å². The zero-order valence-corrected chi connectivity index (χ0v) is 18.9. The highest BCUT2D eigenvalue weighted by atomic mass is 127. The van der Waals surface area contributed by atoms with Gasteiger partial charge in [-0.3, -0.25) is 4.99 Å². The fourth-order valence-electron chi connectivity index (χ4n) is 2.85. The molecule has 0 radical (unpaired) electrons. The topological polar surface area (TPSA) is 45.7 Å². The lowest BCUT2D eigenvalue weighted by molar-refractivity contribution is 0.0732. The van der Waals surface area contributed by atoms with Gasteiger partial charge in [0.15, 0.2) is 5.96 Å². The zero-order valence-electron chi connectivity index (χ0n) is 14.2. The molecule has 7 heteroatoms. The molecule has 1 saturated carbocycles. The Morgan fingerprint density at radius 2 is 2.12 bits per heavy atom. The maximum absolute atomic E-state index is 6.25. The number of benzene rings is 1. The van der Waals surface area contributed by atoms with E-state index >= 15 is 0 Å². The predicted octanol–water partition coefficient (Wildman–Crippen LogP) is 4.59. The van der Waals surface area contributed by atoms with Crippen molar-refractivity contribution in [1.29, 1.82) is 0 Å². The minimum absolute atomic E-state index is 0. The van der Waals surface area contributed by atoms with Crippen molar-refractivity contribution in [2.45, 2.75) is 32.2 Å². The Kier molecular flexibility index (Phi) is 9.93. The smallest absolute Gasteiger partial charge is 0.191 e. The van der Waals surface area contributed by atoms with Crippen molar-refractivity contribution in [3.8, 4) is 0 Å². The molecule has 0 aromatic heterocycles. The molecule has 0 heterocycles. The Balaban J connectivity index is 0.00000288. The van der Waals surface area contributed by atoms with Gasteiger partial charge in [-0.05, 0) is 42.4 Å². The van der Waals surface area contributed by atoms with E-state index in [1.54, 1.807) is 14.2 Å². The Labute approximate surface area is 175 Å². The molecule has 2 rings (SSSR count). The number of halogens is 3. The third kappa shape index (κ3) is 6.35. The van der Waals surface area contributed by atoms with Gasteiger partial charge in [-0.1, -0.05) is 40.0 Å². The lowest BCUT2D eigenvalue weighted by Gasteiger charge is -2.42. The fourth-order valence-corrected chi connectivity index (χ4v) is 3.59. The molecular formula is C17H26BrClIN3O. The highest BCUT2D eigenvalue weighted by molar-refractivity contribution is 14.0. The van der Waals surface area contributed by atoms with E-state index < -0.39 is 0 Å². The molecule has 136 valence electrons. The van der Waals surface area contributed by atoms with Crippen molar-refractivity contribution in [3.05, 3.63) is 33.3 Å². The number of nitrogens with zero attached hydrogens (tertiary/aromatic N) is 1. The maximum Gasteiger partial charge on any atom is 0.191 e. The van der Waals surface area contributed by atoms with Crippen LogP contribution in [0.1, 0.15) is 31.2 Å². The second-order valence-corrected chi connectivity index (χ2v) is 7.43. The highest BCUT2D eigenvalue weighted by Crippen LogP contribution is 2.43. The molecule has 2 N–H and O–H groups in total. The maximum atomic E-state index is 6.25. The third-order valence-electron chi connectivity index (χ3n) is 4.57. The van der Waals surface area contributed by atoms with Crippen LogP contribution in [0.4, 0.5) is 0 Å². The lowest BCUT2D eigenvalue weighted by atomic mass is 9.67. The molecule has 1 aliphatic carbocycles. The minimum Gasteiger partial charge on any atom is -0.385 e. The van der Waals surface area contributed by atoms with Gasteiger partial charge >= 0.3 is 0 Å². The molecule has 1 aliphatic rings. The molecule has 4 nitrogen and oxygen atoms in total. The number of guanidine groups is 1. The van der Waals surface area contributed by atoms with E-state index in [0.717, 1.165) is 40.6 Å². The average Bonchev–Trinajstić information content (AvgIpc) is 2.50. The number of hydrogen-bond donors (Lipinski definition) is 2. The summed E-state index contributed by atoms with van der Waals surface area (Å²) in [4.78, 5) is 4.30. The van der Waals surface area contributed by atoms with E-state index in [9.17, 15) is 0 Å². The molecule has 0 aliphatic heterocycles. The molecule has 1 aromatic carbocycles. The van der Waals surface area contributed by atoms with Crippen molar-refractivity contribution in [3.63, 3.8) is 0 Å². The first kappa shape index (κ1) is 22.0. The van der Waals surface area contributed by atoms with E-state index in [-0.39, 0.29) is 24.0 Å². The van der Waals surface area contributed by atoms with Gasteiger partial charge in [-0.25, -0.2) is 0 Å². The summed E-state index contributed by atoms with van der Waals surface area (Å²) < 4.78 is 6.23. The Hall–Kier alpha value is -0.0500. The number of hydrogen-bond acceptors (Lipinski definition) is 2. The van der Waals surface area contributed by atoms with Crippen LogP contribution >= 0.6 is 51.5 Å². The molecule has 1 fully saturated rings. The molecule has 0 atom stereocenters. The second-order valence-electron chi connectivity index (χ2n) is 6.11. The van der Waals surface area contributed by atoms with Crippen molar-refractivity contribution in [2.24, 2.45) is 10.4 Å². The first-order valence-electron chi connectivity index (χ1n) is 7.96. The van der Waals surface area contributed by atoms with Crippen LogP contribution in [0.2, 0.25) is 5.02 Å². The molecule has 0 unspecified atom stereocenters. The van der Waals surface area contributed by atoms with E-state index in [0.29, 0.717) is 12.0 Å². The van der Waals surface area contributed by atoms with Gasteiger partial charge in [-0.2, -0.15) is 0 Å². The van der Waals surface area contributed by atoms with Crippen molar-refractivity contribution >= 4 is 57.5 Å². The number of ether oxygens (including phenoxy) is 1. The summed E-state index contributed by atoms with van der Waals surface area (Å²) in [6.45, 7) is 2.41. The molecule has 24 heavy (non-hydrogen) atoms. The van der Waals surface area contributed by atoms with E-state index in [2.05, 4.69) is 31.6 Å². The van der Waals surface area contributed by atoms with Crippen LogP contribution in [0.25, 0.3) is 0 Å².